The van der Waals surface area contributed by atoms with Crippen molar-refractivity contribution in [1.29, 1.82) is 0 Å². The van der Waals surface area contributed by atoms with Crippen molar-refractivity contribution in [3.8, 4) is 0 Å². The van der Waals surface area contributed by atoms with E-state index in [-0.39, 0.29) is 0 Å². The Balaban J connectivity index is 4.84. The molecule has 0 aromatic heterocycles. The lowest BCUT2D eigenvalue weighted by molar-refractivity contribution is 0.491. The van der Waals surface area contributed by atoms with Crippen LogP contribution in [-0.2, 0) is 0 Å². The molecule has 0 aromatic rings. The van der Waals surface area contributed by atoms with Gasteiger partial charge in [0.25, 0.3) is 0 Å². The summed E-state index contributed by atoms with van der Waals surface area (Å²) in [4.78, 5) is 0. The third kappa shape index (κ3) is 13.6. The van der Waals surface area contributed by atoms with Crippen LogP contribution in [0.2, 0.25) is 0 Å². The van der Waals surface area contributed by atoms with Crippen molar-refractivity contribution in [1.82, 2.24) is 0 Å². The standard InChI is InChI=1S/C25H42/c1-9-22(6)16-18-25(24(8)15-11-13-21(4)5)19-17-23(7)14-10-12-20(2)3/h9,12-13,15,17,22,25H,1,10-11,14,16,18-19H2,2-8H3/b23-17+,24-15+. The molecule has 0 N–H and O–H groups in total. The molecule has 0 rings (SSSR count). The van der Waals surface area contributed by atoms with Crippen LogP contribution in [-0.4, -0.2) is 0 Å². The van der Waals surface area contributed by atoms with E-state index in [1.54, 1.807) is 5.57 Å². The van der Waals surface area contributed by atoms with Crippen molar-refractivity contribution >= 4 is 0 Å². The molecule has 0 heterocycles. The van der Waals surface area contributed by atoms with E-state index in [0.29, 0.717) is 11.8 Å². The smallest absolute Gasteiger partial charge is 0.0164 e. The van der Waals surface area contributed by atoms with Crippen LogP contribution >= 0.6 is 0 Å². The SMILES string of the molecule is C=CC(C)CCC(C/C=C(\C)CCC=C(C)C)/C(C)=C/CC=C(C)C. The molecule has 2 atom stereocenters. The van der Waals surface area contributed by atoms with Crippen LogP contribution in [0.15, 0.2) is 59.3 Å². The maximum Gasteiger partial charge on any atom is -0.0164 e. The largest absolute Gasteiger partial charge is 0.103 e. The monoisotopic (exact) mass is 342 g/mol. The summed E-state index contributed by atoms with van der Waals surface area (Å²) < 4.78 is 0. The predicted molar refractivity (Wildman–Crippen MR) is 117 cm³/mol. The molecule has 0 amide bonds. The number of allylic oxidation sites excluding steroid dienone is 9. The van der Waals surface area contributed by atoms with Crippen LogP contribution in [0.25, 0.3) is 0 Å². The zero-order valence-electron chi connectivity index (χ0n) is 18.0. The first-order valence-electron chi connectivity index (χ1n) is 9.97. The summed E-state index contributed by atoms with van der Waals surface area (Å²) in [7, 11) is 0. The summed E-state index contributed by atoms with van der Waals surface area (Å²) in [6.07, 6.45) is 18.7. The van der Waals surface area contributed by atoms with Crippen LogP contribution in [0.3, 0.4) is 0 Å². The lowest BCUT2D eigenvalue weighted by atomic mass is 9.87. The fourth-order valence-electron chi connectivity index (χ4n) is 2.79. The molecule has 0 saturated heterocycles. The topological polar surface area (TPSA) is 0 Å². The van der Waals surface area contributed by atoms with E-state index < -0.39 is 0 Å². The third-order valence-electron chi connectivity index (χ3n) is 4.82. The van der Waals surface area contributed by atoms with Crippen LogP contribution in [0.5, 0.6) is 0 Å². The van der Waals surface area contributed by atoms with Gasteiger partial charge < -0.3 is 0 Å². The molecule has 2 unspecified atom stereocenters. The Kier molecular flexibility index (Phi) is 13.2. The molecule has 0 aliphatic carbocycles. The minimum atomic E-state index is 0.607. The Morgan fingerprint density at radius 2 is 1.48 bits per heavy atom. The third-order valence-corrected chi connectivity index (χ3v) is 4.82. The first kappa shape index (κ1) is 23.7. The molecule has 0 heteroatoms. The Morgan fingerprint density at radius 3 is 2.04 bits per heavy atom. The fraction of sp³-hybridized carbons (Fsp3) is 0.600. The normalized spacial score (nSPS) is 14.7. The molecule has 0 aliphatic heterocycles. The lowest BCUT2D eigenvalue weighted by Gasteiger charge is -2.18. The van der Waals surface area contributed by atoms with E-state index in [2.05, 4.69) is 85.4 Å². The second-order valence-corrected chi connectivity index (χ2v) is 8.06. The number of hydrogen-bond acceptors (Lipinski definition) is 0. The van der Waals surface area contributed by atoms with Gasteiger partial charge in [-0.1, -0.05) is 59.6 Å². The Bertz CT molecular complexity index is 488. The summed E-state index contributed by atoms with van der Waals surface area (Å²) in [5.41, 5.74) is 5.89. The van der Waals surface area contributed by atoms with Gasteiger partial charge in [-0.15, -0.1) is 6.58 Å². The quantitative estimate of drug-likeness (QED) is 0.311. The van der Waals surface area contributed by atoms with Crippen LogP contribution in [0.4, 0.5) is 0 Å². The van der Waals surface area contributed by atoms with Gasteiger partial charge in [0.05, 0.1) is 0 Å². The maximum atomic E-state index is 3.93. The van der Waals surface area contributed by atoms with Crippen LogP contribution in [0.1, 0.15) is 87.0 Å². The molecule has 0 nitrogen and oxygen atoms in total. The molecule has 0 radical (unpaired) electrons. The van der Waals surface area contributed by atoms with Crippen molar-refractivity contribution in [3.05, 3.63) is 59.3 Å². The highest BCUT2D eigenvalue weighted by Crippen LogP contribution is 2.25. The Labute approximate surface area is 158 Å². The molecular weight excluding hydrogens is 300 g/mol. The van der Waals surface area contributed by atoms with Crippen molar-refractivity contribution in [3.63, 3.8) is 0 Å². The van der Waals surface area contributed by atoms with E-state index >= 15 is 0 Å². The molecule has 0 bridgehead atoms. The molecule has 0 fully saturated rings. The van der Waals surface area contributed by atoms with Crippen LogP contribution in [0, 0.1) is 11.8 Å². The van der Waals surface area contributed by atoms with Crippen LogP contribution < -0.4 is 0 Å². The van der Waals surface area contributed by atoms with Crippen molar-refractivity contribution < 1.29 is 0 Å². The molecule has 142 valence electrons. The zero-order chi connectivity index (χ0) is 19.2. The summed E-state index contributed by atoms with van der Waals surface area (Å²) in [6, 6.07) is 0. The molecule has 0 aliphatic rings. The summed E-state index contributed by atoms with van der Waals surface area (Å²) in [5.74, 6) is 1.27. The van der Waals surface area contributed by atoms with Gasteiger partial charge >= 0.3 is 0 Å². The highest BCUT2D eigenvalue weighted by atomic mass is 14.2. The van der Waals surface area contributed by atoms with E-state index in [1.807, 2.05) is 0 Å². The Morgan fingerprint density at radius 1 is 0.840 bits per heavy atom. The maximum absolute atomic E-state index is 3.93. The second-order valence-electron chi connectivity index (χ2n) is 8.06. The first-order valence-corrected chi connectivity index (χ1v) is 9.97. The minimum absolute atomic E-state index is 0.607. The van der Waals surface area contributed by atoms with Gasteiger partial charge in [-0.3, -0.25) is 0 Å². The van der Waals surface area contributed by atoms with Crippen molar-refractivity contribution in [2.75, 3.05) is 0 Å². The van der Waals surface area contributed by atoms with Crippen molar-refractivity contribution in [2.45, 2.75) is 87.0 Å². The second kappa shape index (κ2) is 13.9. The van der Waals surface area contributed by atoms with E-state index in [0.717, 1.165) is 12.8 Å². The minimum Gasteiger partial charge on any atom is -0.103 e. The molecule has 0 aromatic carbocycles. The highest BCUT2D eigenvalue weighted by Gasteiger charge is 2.11. The first-order chi connectivity index (χ1) is 11.8. The van der Waals surface area contributed by atoms with Gasteiger partial charge in [0.2, 0.25) is 0 Å². The van der Waals surface area contributed by atoms with Gasteiger partial charge in [0, 0.05) is 0 Å². The molecular formula is C25H42. The highest BCUT2D eigenvalue weighted by molar-refractivity contribution is 5.11. The fourth-order valence-corrected chi connectivity index (χ4v) is 2.79. The predicted octanol–water partition coefficient (Wildman–Crippen LogP) is 8.59. The Hall–Kier alpha value is -1.30. The molecule has 25 heavy (non-hydrogen) atoms. The zero-order valence-corrected chi connectivity index (χ0v) is 18.0. The molecule has 0 spiro atoms. The van der Waals surface area contributed by atoms with E-state index in [4.69, 9.17) is 0 Å². The summed E-state index contributed by atoms with van der Waals surface area (Å²) in [5, 5.41) is 0. The molecule has 0 saturated carbocycles. The van der Waals surface area contributed by atoms with Gasteiger partial charge in [-0.2, -0.15) is 0 Å². The van der Waals surface area contributed by atoms with Gasteiger partial charge in [0.15, 0.2) is 0 Å². The summed E-state index contributed by atoms with van der Waals surface area (Å²) in [6.45, 7) is 19.5. The lowest BCUT2D eigenvalue weighted by Crippen LogP contribution is -2.04. The number of hydrogen-bond donors (Lipinski definition) is 0. The summed E-state index contributed by atoms with van der Waals surface area (Å²) >= 11 is 0. The number of rotatable bonds is 12. The average molecular weight is 343 g/mol. The average Bonchev–Trinajstić information content (AvgIpc) is 2.53. The van der Waals surface area contributed by atoms with E-state index in [9.17, 15) is 0 Å². The van der Waals surface area contributed by atoms with Gasteiger partial charge in [-0.25, -0.2) is 0 Å². The van der Waals surface area contributed by atoms with Crippen molar-refractivity contribution in [2.24, 2.45) is 11.8 Å². The van der Waals surface area contributed by atoms with E-state index in [1.165, 1.54) is 42.4 Å². The van der Waals surface area contributed by atoms with Gasteiger partial charge in [0.1, 0.15) is 0 Å². The van der Waals surface area contributed by atoms with Gasteiger partial charge in [-0.05, 0) is 91.9 Å².